The number of carbonyl (C=O) groups excluding carboxylic acids is 1. The van der Waals surface area contributed by atoms with Crippen molar-refractivity contribution >= 4 is 28.1 Å². The minimum absolute atomic E-state index is 0.0389. The third kappa shape index (κ3) is 2.60. The average molecular weight is 367 g/mol. The molecule has 1 aromatic rings. The third-order valence-corrected chi connectivity index (χ3v) is 5.72. The first-order chi connectivity index (χ1) is 10.4. The lowest BCUT2D eigenvalue weighted by molar-refractivity contribution is -0.123. The number of nitrogens with one attached hydrogen (secondary N) is 1. The van der Waals surface area contributed by atoms with Crippen molar-refractivity contribution in [3.8, 4) is 11.5 Å². The van der Waals surface area contributed by atoms with Crippen LogP contribution in [0.5, 0.6) is 11.5 Å². The van der Waals surface area contributed by atoms with E-state index in [2.05, 4.69) is 33.4 Å². The molecule has 0 bridgehead atoms. The van der Waals surface area contributed by atoms with Crippen LogP contribution >= 0.6 is 15.9 Å². The Kier molecular flexibility index (Phi) is 3.89. The Bertz CT molecular complexity index is 647. The molecule has 0 aliphatic heterocycles. The number of rotatable bonds is 3. The number of hydrogen-bond donors (Lipinski definition) is 3. The maximum Gasteiger partial charge on any atom is 0.244 e. The molecule has 3 atom stereocenters. The molecule has 118 valence electrons. The number of hydrogen-bond acceptors (Lipinski definition) is 4. The zero-order valence-electron chi connectivity index (χ0n) is 12.3. The highest BCUT2D eigenvalue weighted by Gasteiger charge is 2.64. The summed E-state index contributed by atoms with van der Waals surface area (Å²) in [6.45, 7) is 2.19. The fraction of sp³-hybridized carbons (Fsp3) is 0.500. The first-order valence-corrected chi connectivity index (χ1v) is 8.27. The van der Waals surface area contributed by atoms with Crippen molar-refractivity contribution in [1.82, 2.24) is 5.43 Å². The highest BCUT2D eigenvalue weighted by Crippen LogP contribution is 2.66. The Labute approximate surface area is 137 Å². The number of aromatic hydroxyl groups is 2. The number of phenolic OH excluding ortho intramolecular Hbond substituents is 2. The number of nitrogens with zero attached hydrogens (tertiary/aromatic N) is 1. The molecule has 3 N–H and O–H groups in total. The van der Waals surface area contributed by atoms with E-state index in [-0.39, 0.29) is 28.7 Å². The van der Waals surface area contributed by atoms with Gasteiger partial charge in [0.25, 0.3) is 0 Å². The lowest BCUT2D eigenvalue weighted by Crippen LogP contribution is -2.22. The van der Waals surface area contributed by atoms with Crippen molar-refractivity contribution in [3.63, 3.8) is 0 Å². The second-order valence-electron chi connectivity index (χ2n) is 6.43. The van der Waals surface area contributed by atoms with Crippen molar-refractivity contribution in [3.05, 3.63) is 22.2 Å². The molecule has 2 fully saturated rings. The van der Waals surface area contributed by atoms with Crippen LogP contribution < -0.4 is 5.43 Å². The molecular weight excluding hydrogens is 348 g/mol. The van der Waals surface area contributed by atoms with Gasteiger partial charge in [0.05, 0.1) is 10.7 Å². The van der Waals surface area contributed by atoms with E-state index in [1.165, 1.54) is 25.1 Å². The molecule has 6 heteroatoms. The van der Waals surface area contributed by atoms with Crippen LogP contribution in [0.1, 0.15) is 38.2 Å². The topological polar surface area (TPSA) is 81.9 Å². The number of carbonyl (C=O) groups is 1. The third-order valence-electron chi connectivity index (χ3n) is 5.09. The van der Waals surface area contributed by atoms with Crippen LogP contribution in [0.3, 0.4) is 0 Å². The summed E-state index contributed by atoms with van der Waals surface area (Å²) in [5, 5.41) is 23.1. The van der Waals surface area contributed by atoms with Crippen LogP contribution in [0.25, 0.3) is 0 Å². The number of phenols is 2. The number of benzene rings is 1. The zero-order chi connectivity index (χ0) is 15.9. The van der Waals surface area contributed by atoms with Crippen LogP contribution in [-0.4, -0.2) is 22.3 Å². The first kappa shape index (κ1) is 15.3. The summed E-state index contributed by atoms with van der Waals surface area (Å²) >= 11 is 3.17. The summed E-state index contributed by atoms with van der Waals surface area (Å²) in [5.74, 6) is 0.377. The summed E-state index contributed by atoms with van der Waals surface area (Å²) in [7, 11) is 0. The summed E-state index contributed by atoms with van der Waals surface area (Å²) < 4.78 is 0.457. The van der Waals surface area contributed by atoms with E-state index in [4.69, 9.17) is 0 Å². The van der Waals surface area contributed by atoms with Gasteiger partial charge >= 0.3 is 0 Å². The molecule has 1 amide bonds. The van der Waals surface area contributed by atoms with Crippen LogP contribution in [0, 0.1) is 17.3 Å². The molecule has 3 rings (SSSR count). The number of amides is 1. The highest BCUT2D eigenvalue weighted by molar-refractivity contribution is 9.10. The van der Waals surface area contributed by atoms with E-state index in [0.29, 0.717) is 16.0 Å². The Morgan fingerprint density at radius 3 is 2.86 bits per heavy atom. The van der Waals surface area contributed by atoms with E-state index < -0.39 is 0 Å². The molecule has 5 nitrogen and oxygen atoms in total. The molecule has 1 aromatic carbocycles. The molecule has 3 unspecified atom stereocenters. The molecule has 2 aliphatic rings. The van der Waals surface area contributed by atoms with Gasteiger partial charge < -0.3 is 10.2 Å². The van der Waals surface area contributed by atoms with Gasteiger partial charge in [0, 0.05) is 17.5 Å². The Morgan fingerprint density at radius 2 is 2.18 bits per heavy atom. The molecular formula is C16H19BrN2O3. The van der Waals surface area contributed by atoms with E-state index in [1.54, 1.807) is 6.07 Å². The maximum absolute atomic E-state index is 12.2. The van der Waals surface area contributed by atoms with Gasteiger partial charge in [-0.25, -0.2) is 5.43 Å². The SMILES string of the molecule is CC12CCCCC1C2C(=O)NN=Cc1cc(Br)c(O)cc1O. The molecule has 2 saturated carbocycles. The molecule has 0 radical (unpaired) electrons. The fourth-order valence-electron chi connectivity index (χ4n) is 3.76. The van der Waals surface area contributed by atoms with Crippen molar-refractivity contribution in [2.45, 2.75) is 32.6 Å². The number of halogens is 1. The van der Waals surface area contributed by atoms with Crippen molar-refractivity contribution < 1.29 is 15.0 Å². The van der Waals surface area contributed by atoms with Crippen molar-refractivity contribution in [2.75, 3.05) is 0 Å². The number of hydrazone groups is 1. The Hall–Kier alpha value is -1.56. The van der Waals surface area contributed by atoms with Crippen molar-refractivity contribution in [1.29, 1.82) is 0 Å². The second-order valence-corrected chi connectivity index (χ2v) is 7.29. The van der Waals surface area contributed by atoms with Gasteiger partial charge in [-0.2, -0.15) is 5.10 Å². The smallest absolute Gasteiger partial charge is 0.244 e. The molecule has 0 heterocycles. The Balaban J connectivity index is 1.63. The lowest BCUT2D eigenvalue weighted by atomic mass is 9.90. The van der Waals surface area contributed by atoms with Crippen LogP contribution in [-0.2, 0) is 4.79 Å². The van der Waals surface area contributed by atoms with Gasteiger partial charge in [-0.1, -0.05) is 19.8 Å². The zero-order valence-corrected chi connectivity index (χ0v) is 13.9. The van der Waals surface area contributed by atoms with Gasteiger partial charge in [0.2, 0.25) is 5.91 Å². The molecule has 0 aromatic heterocycles. The minimum atomic E-state index is -0.0919. The van der Waals surface area contributed by atoms with E-state index in [1.807, 2.05) is 0 Å². The molecule has 0 spiro atoms. The predicted molar refractivity (Wildman–Crippen MR) is 86.8 cm³/mol. The first-order valence-electron chi connectivity index (χ1n) is 7.48. The Morgan fingerprint density at radius 1 is 1.41 bits per heavy atom. The van der Waals surface area contributed by atoms with Crippen LogP contribution in [0.15, 0.2) is 21.7 Å². The second kappa shape index (κ2) is 5.57. The fourth-order valence-corrected chi connectivity index (χ4v) is 4.12. The molecule has 22 heavy (non-hydrogen) atoms. The average Bonchev–Trinajstić information content (AvgIpc) is 3.10. The molecule has 2 aliphatic carbocycles. The summed E-state index contributed by atoms with van der Waals surface area (Å²) in [5.41, 5.74) is 3.15. The van der Waals surface area contributed by atoms with Gasteiger partial charge in [0.1, 0.15) is 11.5 Å². The summed E-state index contributed by atoms with van der Waals surface area (Å²) in [6.07, 6.45) is 6.04. The predicted octanol–water partition coefficient (Wildman–Crippen LogP) is 3.14. The normalized spacial score (nSPS) is 30.1. The maximum atomic E-state index is 12.2. The van der Waals surface area contributed by atoms with Gasteiger partial charge in [0.15, 0.2) is 0 Å². The van der Waals surface area contributed by atoms with Crippen LogP contribution in [0.2, 0.25) is 0 Å². The van der Waals surface area contributed by atoms with Gasteiger partial charge in [-0.05, 0) is 46.2 Å². The number of fused-ring (bicyclic) bond motifs is 1. The van der Waals surface area contributed by atoms with Crippen molar-refractivity contribution in [2.24, 2.45) is 22.4 Å². The van der Waals surface area contributed by atoms with Crippen LogP contribution in [0.4, 0.5) is 0 Å². The van der Waals surface area contributed by atoms with E-state index in [9.17, 15) is 15.0 Å². The molecule has 0 saturated heterocycles. The minimum Gasteiger partial charge on any atom is -0.507 e. The monoisotopic (exact) mass is 366 g/mol. The summed E-state index contributed by atoms with van der Waals surface area (Å²) in [4.78, 5) is 12.2. The largest absolute Gasteiger partial charge is 0.507 e. The van der Waals surface area contributed by atoms with Gasteiger partial charge in [-0.3, -0.25) is 4.79 Å². The van der Waals surface area contributed by atoms with E-state index >= 15 is 0 Å². The van der Waals surface area contributed by atoms with Gasteiger partial charge in [-0.15, -0.1) is 0 Å². The quantitative estimate of drug-likeness (QED) is 0.567. The summed E-state index contributed by atoms with van der Waals surface area (Å²) in [6, 6.07) is 2.77. The standard InChI is InChI=1S/C16H19BrN2O3/c1-16-5-3-2-4-10(16)14(16)15(22)19-18-8-9-6-11(17)13(21)7-12(9)20/h6-8,10,14,20-21H,2-5H2,1H3,(H,19,22). The van der Waals surface area contributed by atoms with E-state index in [0.717, 1.165) is 12.8 Å². The lowest BCUT2D eigenvalue weighted by Gasteiger charge is -2.15. The highest BCUT2D eigenvalue weighted by atomic mass is 79.9.